The van der Waals surface area contributed by atoms with Gasteiger partial charge in [0.25, 0.3) is 0 Å². The summed E-state index contributed by atoms with van der Waals surface area (Å²) in [5, 5.41) is 7.62. The van der Waals surface area contributed by atoms with E-state index in [9.17, 15) is 14.4 Å². The smallest absolute Gasteiger partial charge is 0.311 e. The van der Waals surface area contributed by atoms with Crippen molar-refractivity contribution in [3.05, 3.63) is 35.3 Å². The van der Waals surface area contributed by atoms with E-state index in [4.69, 9.17) is 4.74 Å². The molecule has 0 aliphatic heterocycles. The summed E-state index contributed by atoms with van der Waals surface area (Å²) in [5.74, 6) is -0.493. The van der Waals surface area contributed by atoms with Gasteiger partial charge in [0.15, 0.2) is 5.13 Å². The number of hydrogen-bond donors (Lipinski definition) is 2. The van der Waals surface area contributed by atoms with Crippen LogP contribution in [0, 0.1) is 0 Å². The summed E-state index contributed by atoms with van der Waals surface area (Å²) in [5.41, 5.74) is 1.30. The topological polar surface area (TPSA) is 97.4 Å². The predicted octanol–water partition coefficient (Wildman–Crippen LogP) is 4.89. The molecule has 7 nitrogen and oxygen atoms in total. The molecule has 0 aliphatic carbocycles. The summed E-state index contributed by atoms with van der Waals surface area (Å²) in [6.45, 7) is 6.07. The number of thioether (sulfide) groups is 1. The molecule has 1 aromatic heterocycles. The van der Waals surface area contributed by atoms with Crippen LogP contribution in [0.2, 0.25) is 0 Å². The first-order chi connectivity index (χ1) is 14.9. The van der Waals surface area contributed by atoms with Crippen LogP contribution in [-0.4, -0.2) is 34.6 Å². The minimum Gasteiger partial charge on any atom is -0.466 e. The molecule has 1 unspecified atom stereocenters. The van der Waals surface area contributed by atoms with Crippen molar-refractivity contribution in [1.82, 2.24) is 4.98 Å². The van der Waals surface area contributed by atoms with Crippen LogP contribution in [0.25, 0.3) is 0 Å². The van der Waals surface area contributed by atoms with Gasteiger partial charge in [-0.25, -0.2) is 4.98 Å². The summed E-state index contributed by atoms with van der Waals surface area (Å²) in [4.78, 5) is 41.5. The molecule has 1 heterocycles. The fourth-order valence-corrected chi connectivity index (χ4v) is 4.41. The van der Waals surface area contributed by atoms with Crippen molar-refractivity contribution in [3.63, 3.8) is 0 Å². The molecule has 168 valence electrons. The summed E-state index contributed by atoms with van der Waals surface area (Å²) < 4.78 is 4.92. The largest absolute Gasteiger partial charge is 0.466 e. The average Bonchev–Trinajstić information content (AvgIpc) is 3.17. The third-order valence-corrected chi connectivity index (χ3v) is 6.39. The summed E-state index contributed by atoms with van der Waals surface area (Å²) in [7, 11) is 0. The Morgan fingerprint density at radius 1 is 1.19 bits per heavy atom. The molecular weight excluding hydrogens is 434 g/mol. The zero-order chi connectivity index (χ0) is 22.6. The highest BCUT2D eigenvalue weighted by atomic mass is 32.2. The van der Waals surface area contributed by atoms with Crippen LogP contribution in [0.5, 0.6) is 0 Å². The molecule has 2 N–H and O–H groups in total. The molecule has 0 fully saturated rings. The number of nitrogens with zero attached hydrogens (tertiary/aromatic N) is 1. The predicted molar refractivity (Wildman–Crippen MR) is 126 cm³/mol. The number of esters is 1. The fraction of sp³-hybridized carbons (Fsp3) is 0.455. The minimum atomic E-state index is -0.339. The van der Waals surface area contributed by atoms with E-state index in [-0.39, 0.29) is 29.5 Å². The van der Waals surface area contributed by atoms with Gasteiger partial charge in [-0.3, -0.25) is 14.4 Å². The van der Waals surface area contributed by atoms with Gasteiger partial charge in [-0.2, -0.15) is 0 Å². The molecule has 0 aliphatic rings. The highest BCUT2D eigenvalue weighted by molar-refractivity contribution is 8.00. The van der Waals surface area contributed by atoms with Crippen LogP contribution in [-0.2, 0) is 25.5 Å². The van der Waals surface area contributed by atoms with Gasteiger partial charge in [-0.05, 0) is 38.0 Å². The highest BCUT2D eigenvalue weighted by Gasteiger charge is 2.20. The van der Waals surface area contributed by atoms with E-state index in [0.29, 0.717) is 30.3 Å². The first kappa shape index (κ1) is 24.9. The summed E-state index contributed by atoms with van der Waals surface area (Å²) >= 11 is 2.72. The lowest BCUT2D eigenvalue weighted by Gasteiger charge is -2.14. The number of nitrogens with one attached hydrogen (secondary N) is 2. The Bertz CT molecular complexity index is 885. The Balaban J connectivity index is 1.94. The maximum atomic E-state index is 12.7. The quantitative estimate of drug-likeness (QED) is 0.344. The first-order valence-electron chi connectivity index (χ1n) is 10.4. The van der Waals surface area contributed by atoms with Crippen molar-refractivity contribution in [3.8, 4) is 0 Å². The average molecular weight is 464 g/mol. The van der Waals surface area contributed by atoms with Crippen molar-refractivity contribution >= 4 is 51.7 Å². The van der Waals surface area contributed by atoms with Crippen molar-refractivity contribution < 1.29 is 19.1 Å². The second-order valence-electron chi connectivity index (χ2n) is 6.81. The summed E-state index contributed by atoms with van der Waals surface area (Å²) in [6.07, 6.45) is 3.05. The summed E-state index contributed by atoms with van der Waals surface area (Å²) in [6, 6.07) is 7.51. The molecule has 2 rings (SSSR count). The zero-order valence-electron chi connectivity index (χ0n) is 18.1. The van der Waals surface area contributed by atoms with E-state index in [1.54, 1.807) is 12.3 Å². The number of benzene rings is 1. The SMILES string of the molecule is CCCCC(=O)Nc1cccc(SC(CC)C(=O)Nc2nc(CC(=O)OCC)cs2)c1. The van der Waals surface area contributed by atoms with E-state index in [1.165, 1.54) is 23.1 Å². The van der Waals surface area contributed by atoms with E-state index in [0.717, 1.165) is 23.4 Å². The fourth-order valence-electron chi connectivity index (χ4n) is 2.69. The molecule has 0 saturated heterocycles. The van der Waals surface area contributed by atoms with E-state index >= 15 is 0 Å². The number of amides is 2. The molecule has 1 aromatic carbocycles. The van der Waals surface area contributed by atoms with Gasteiger partial charge >= 0.3 is 5.97 Å². The third-order valence-electron chi connectivity index (χ3n) is 4.23. The van der Waals surface area contributed by atoms with Gasteiger partial charge < -0.3 is 15.4 Å². The molecular formula is C22H29N3O4S2. The van der Waals surface area contributed by atoms with Crippen LogP contribution in [0.4, 0.5) is 10.8 Å². The molecule has 9 heteroatoms. The van der Waals surface area contributed by atoms with Gasteiger partial charge in [0.1, 0.15) is 0 Å². The van der Waals surface area contributed by atoms with Gasteiger partial charge in [-0.1, -0.05) is 26.3 Å². The molecule has 0 spiro atoms. The standard InChI is InChI=1S/C22H29N3O4S2/c1-4-7-11-19(26)23-15-9-8-10-17(12-15)31-18(5-2)21(28)25-22-24-16(14-30-22)13-20(27)29-6-3/h8-10,12,14,18H,4-7,11,13H2,1-3H3,(H,23,26)(H,24,25,28). The number of carbonyl (C=O) groups excluding carboxylic acids is 3. The van der Waals surface area contributed by atoms with E-state index < -0.39 is 0 Å². The Morgan fingerprint density at radius 3 is 2.71 bits per heavy atom. The second-order valence-corrected chi connectivity index (χ2v) is 8.94. The number of hydrogen-bond acceptors (Lipinski definition) is 7. The molecule has 0 saturated carbocycles. The number of anilines is 2. The Kier molecular flexibility index (Phi) is 10.5. The lowest BCUT2D eigenvalue weighted by molar-refractivity contribution is -0.142. The number of carbonyl (C=O) groups is 3. The number of unbranched alkanes of at least 4 members (excludes halogenated alkanes) is 1. The number of ether oxygens (including phenoxy) is 1. The zero-order valence-corrected chi connectivity index (χ0v) is 19.7. The Hall–Kier alpha value is -2.39. The van der Waals surface area contributed by atoms with E-state index in [1.807, 2.05) is 38.1 Å². The maximum Gasteiger partial charge on any atom is 0.311 e. The monoisotopic (exact) mass is 463 g/mol. The molecule has 0 bridgehead atoms. The lowest BCUT2D eigenvalue weighted by atomic mass is 10.2. The number of thiazole rings is 1. The third kappa shape index (κ3) is 8.70. The molecule has 1 atom stereocenters. The van der Waals surface area contributed by atoms with Crippen molar-refractivity contribution in [2.75, 3.05) is 17.2 Å². The van der Waals surface area contributed by atoms with Crippen LogP contribution < -0.4 is 10.6 Å². The van der Waals surface area contributed by atoms with E-state index in [2.05, 4.69) is 15.6 Å². The Morgan fingerprint density at radius 2 is 2.00 bits per heavy atom. The molecule has 0 radical (unpaired) electrons. The van der Waals surface area contributed by atoms with Gasteiger partial charge in [0.2, 0.25) is 11.8 Å². The van der Waals surface area contributed by atoms with Crippen molar-refractivity contribution in [2.45, 2.75) is 63.0 Å². The maximum absolute atomic E-state index is 12.7. The highest BCUT2D eigenvalue weighted by Crippen LogP contribution is 2.29. The first-order valence-corrected chi connectivity index (χ1v) is 12.2. The van der Waals surface area contributed by atoms with Gasteiger partial charge in [0, 0.05) is 22.4 Å². The van der Waals surface area contributed by atoms with Crippen molar-refractivity contribution in [1.29, 1.82) is 0 Å². The molecule has 2 aromatic rings. The van der Waals surface area contributed by atoms with Crippen LogP contribution in [0.15, 0.2) is 34.5 Å². The van der Waals surface area contributed by atoms with Gasteiger partial charge in [-0.15, -0.1) is 23.1 Å². The number of rotatable bonds is 12. The minimum absolute atomic E-state index is 0.00354. The van der Waals surface area contributed by atoms with Crippen LogP contribution in [0.1, 0.15) is 52.1 Å². The Labute approximate surface area is 191 Å². The van der Waals surface area contributed by atoms with Crippen LogP contribution >= 0.6 is 23.1 Å². The van der Waals surface area contributed by atoms with Crippen LogP contribution in [0.3, 0.4) is 0 Å². The molecule has 31 heavy (non-hydrogen) atoms. The van der Waals surface area contributed by atoms with Gasteiger partial charge in [0.05, 0.1) is 24.0 Å². The second kappa shape index (κ2) is 13.1. The lowest BCUT2D eigenvalue weighted by Crippen LogP contribution is -2.24. The normalized spacial score (nSPS) is 11.6. The molecule has 2 amide bonds. The number of aromatic nitrogens is 1. The van der Waals surface area contributed by atoms with Crippen molar-refractivity contribution in [2.24, 2.45) is 0 Å².